The molecule has 0 bridgehead atoms. The average Bonchev–Trinajstić information content (AvgIpc) is 2.88. The minimum atomic E-state index is -0.332. The zero-order valence-electron chi connectivity index (χ0n) is 13.7. The van der Waals surface area contributed by atoms with E-state index < -0.39 is 0 Å². The molecule has 0 aliphatic heterocycles. The molecule has 0 aliphatic carbocycles. The molecular weight excluding hydrogens is 404 g/mol. The first-order chi connectivity index (χ1) is 11.9. The van der Waals surface area contributed by atoms with Gasteiger partial charge in [0.05, 0.1) is 16.4 Å². The molecule has 2 aromatic carbocycles. The predicted molar refractivity (Wildman–Crippen MR) is 105 cm³/mol. The minimum Gasteiger partial charge on any atom is -0.308 e. The number of anilines is 2. The van der Waals surface area contributed by atoms with Gasteiger partial charge in [-0.1, -0.05) is 23.7 Å². The Morgan fingerprint density at radius 1 is 1.16 bits per heavy atom. The Balaban J connectivity index is 1.82. The lowest BCUT2D eigenvalue weighted by Gasteiger charge is -2.12. The Labute approximate surface area is 159 Å². The van der Waals surface area contributed by atoms with Crippen LogP contribution in [0.5, 0.6) is 0 Å². The highest BCUT2D eigenvalue weighted by molar-refractivity contribution is 9.10. The molecule has 3 aromatic rings. The van der Waals surface area contributed by atoms with Crippen LogP contribution in [-0.4, -0.2) is 15.8 Å². The van der Waals surface area contributed by atoms with E-state index in [1.165, 1.54) is 0 Å². The van der Waals surface area contributed by atoms with Crippen molar-refractivity contribution in [2.75, 3.05) is 10.6 Å². The van der Waals surface area contributed by atoms with Crippen molar-refractivity contribution < 1.29 is 4.79 Å². The van der Waals surface area contributed by atoms with Crippen molar-refractivity contribution in [3.8, 4) is 11.3 Å². The van der Waals surface area contributed by atoms with Gasteiger partial charge in [0.1, 0.15) is 0 Å². The summed E-state index contributed by atoms with van der Waals surface area (Å²) < 4.78 is 2.70. The summed E-state index contributed by atoms with van der Waals surface area (Å²) in [6.45, 7) is 2.02. The highest BCUT2D eigenvalue weighted by Gasteiger charge is 2.13. The Morgan fingerprint density at radius 2 is 1.88 bits per heavy atom. The molecule has 5 nitrogen and oxygen atoms in total. The van der Waals surface area contributed by atoms with Crippen LogP contribution >= 0.6 is 27.5 Å². The van der Waals surface area contributed by atoms with Crippen LogP contribution in [0.25, 0.3) is 11.3 Å². The number of urea groups is 1. The molecule has 1 heterocycles. The molecule has 0 unspecified atom stereocenters. The summed E-state index contributed by atoms with van der Waals surface area (Å²) >= 11 is 9.45. The first-order valence-electron chi connectivity index (χ1n) is 7.56. The monoisotopic (exact) mass is 418 g/mol. The molecule has 0 spiro atoms. The lowest BCUT2D eigenvalue weighted by Crippen LogP contribution is -2.19. The second-order valence-electron chi connectivity index (χ2n) is 5.58. The van der Waals surface area contributed by atoms with Gasteiger partial charge < -0.3 is 10.6 Å². The Bertz CT molecular complexity index is 919. The van der Waals surface area contributed by atoms with E-state index in [4.69, 9.17) is 11.6 Å². The van der Waals surface area contributed by atoms with Gasteiger partial charge >= 0.3 is 6.03 Å². The number of hydrogen-bond acceptors (Lipinski definition) is 2. The maximum atomic E-state index is 12.2. The van der Waals surface area contributed by atoms with Crippen LogP contribution in [0.3, 0.4) is 0 Å². The highest BCUT2D eigenvalue weighted by Crippen LogP contribution is 2.32. The second-order valence-corrected chi connectivity index (χ2v) is 6.87. The number of carbonyl (C=O) groups is 1. The summed E-state index contributed by atoms with van der Waals surface area (Å²) in [6.07, 6.45) is 1.75. The average molecular weight is 420 g/mol. The lowest BCUT2D eigenvalue weighted by molar-refractivity contribution is 0.262. The number of benzene rings is 2. The number of amides is 2. The largest absolute Gasteiger partial charge is 0.323 e. The van der Waals surface area contributed by atoms with Gasteiger partial charge in [-0.15, -0.1) is 0 Å². The van der Waals surface area contributed by atoms with Crippen molar-refractivity contribution in [3.63, 3.8) is 0 Å². The van der Waals surface area contributed by atoms with Crippen molar-refractivity contribution in [2.45, 2.75) is 6.92 Å². The van der Waals surface area contributed by atoms with Crippen molar-refractivity contribution in [2.24, 2.45) is 7.05 Å². The van der Waals surface area contributed by atoms with E-state index in [1.807, 2.05) is 32.2 Å². The molecule has 2 amide bonds. The molecule has 0 fully saturated rings. The molecule has 1 aromatic heterocycles. The summed E-state index contributed by atoms with van der Waals surface area (Å²) in [5, 5.41) is 10.4. The Hall–Kier alpha value is -2.31. The van der Waals surface area contributed by atoms with E-state index in [0.717, 1.165) is 21.3 Å². The van der Waals surface area contributed by atoms with Crippen LogP contribution in [0, 0.1) is 6.92 Å². The van der Waals surface area contributed by atoms with E-state index in [2.05, 4.69) is 31.7 Å². The third-order valence-corrected chi connectivity index (χ3v) is 4.54. The number of aryl methyl sites for hydroxylation is 2. The van der Waals surface area contributed by atoms with Crippen LogP contribution in [-0.2, 0) is 7.05 Å². The van der Waals surface area contributed by atoms with E-state index in [-0.39, 0.29) is 6.03 Å². The molecule has 0 saturated heterocycles. The number of aromatic nitrogens is 2. The first kappa shape index (κ1) is 17.5. The van der Waals surface area contributed by atoms with E-state index in [9.17, 15) is 4.79 Å². The smallest absolute Gasteiger partial charge is 0.308 e. The first-order valence-corrected chi connectivity index (χ1v) is 8.73. The summed E-state index contributed by atoms with van der Waals surface area (Å²) in [5.74, 6) is 0. The van der Waals surface area contributed by atoms with Gasteiger partial charge in [0, 0.05) is 29.0 Å². The number of hydrogen-bond donors (Lipinski definition) is 2. The fourth-order valence-corrected chi connectivity index (χ4v) is 3.28. The van der Waals surface area contributed by atoms with Gasteiger partial charge in [-0.05, 0) is 58.7 Å². The number of nitrogens with one attached hydrogen (secondary N) is 2. The maximum Gasteiger partial charge on any atom is 0.323 e. The Morgan fingerprint density at radius 3 is 2.52 bits per heavy atom. The summed E-state index contributed by atoms with van der Waals surface area (Å²) in [7, 11) is 1.88. The molecule has 0 radical (unpaired) electrons. The summed E-state index contributed by atoms with van der Waals surface area (Å²) in [4.78, 5) is 12.2. The molecule has 7 heteroatoms. The zero-order chi connectivity index (χ0) is 18.0. The van der Waals surface area contributed by atoms with Crippen molar-refractivity contribution in [1.82, 2.24) is 9.78 Å². The normalized spacial score (nSPS) is 10.6. The molecule has 0 aliphatic rings. The van der Waals surface area contributed by atoms with Crippen molar-refractivity contribution >= 4 is 44.9 Å². The van der Waals surface area contributed by atoms with Crippen LogP contribution in [0.15, 0.2) is 53.1 Å². The van der Waals surface area contributed by atoms with Gasteiger partial charge in [-0.2, -0.15) is 5.10 Å². The molecule has 2 N–H and O–H groups in total. The topological polar surface area (TPSA) is 59.0 Å². The number of halogens is 2. The van der Waals surface area contributed by atoms with Gasteiger partial charge in [0.25, 0.3) is 0 Å². The molecule has 0 saturated carbocycles. The van der Waals surface area contributed by atoms with Crippen LogP contribution in [0.4, 0.5) is 16.2 Å². The van der Waals surface area contributed by atoms with Crippen LogP contribution in [0.2, 0.25) is 5.02 Å². The SMILES string of the molecule is Cc1ccc(NC(=O)Nc2cccc(Cl)c2)cc1-c1c(Br)cnn1C. The maximum absolute atomic E-state index is 12.2. The Kier molecular flexibility index (Phi) is 5.11. The lowest BCUT2D eigenvalue weighted by atomic mass is 10.0. The fraction of sp³-hybridized carbons (Fsp3) is 0.111. The van der Waals surface area contributed by atoms with Crippen molar-refractivity contribution in [3.05, 3.63) is 63.7 Å². The molecule has 3 rings (SSSR count). The van der Waals surface area contributed by atoms with E-state index in [1.54, 1.807) is 35.1 Å². The number of nitrogens with zero attached hydrogens (tertiary/aromatic N) is 2. The molecule has 0 atom stereocenters. The third kappa shape index (κ3) is 4.03. The van der Waals surface area contributed by atoms with Crippen LogP contribution in [0.1, 0.15) is 5.56 Å². The quantitative estimate of drug-likeness (QED) is 0.592. The molecule has 25 heavy (non-hydrogen) atoms. The second kappa shape index (κ2) is 7.29. The van der Waals surface area contributed by atoms with E-state index in [0.29, 0.717) is 16.4 Å². The number of rotatable bonds is 3. The van der Waals surface area contributed by atoms with E-state index >= 15 is 0 Å². The van der Waals surface area contributed by atoms with Crippen LogP contribution < -0.4 is 10.6 Å². The standard InChI is InChI=1S/C18H16BrClN4O/c1-11-6-7-14(9-15(11)17-16(19)10-21-24(17)2)23-18(25)22-13-5-3-4-12(20)8-13/h3-10H,1-2H3,(H2,22,23,25). The van der Waals surface area contributed by atoms with Crippen molar-refractivity contribution in [1.29, 1.82) is 0 Å². The summed E-state index contributed by atoms with van der Waals surface area (Å²) in [5.41, 5.74) is 4.36. The minimum absolute atomic E-state index is 0.332. The van der Waals surface area contributed by atoms with Gasteiger partial charge in [-0.3, -0.25) is 4.68 Å². The predicted octanol–water partition coefficient (Wildman–Crippen LogP) is 5.46. The molecular formula is C18H16BrClN4O. The highest BCUT2D eigenvalue weighted by atomic mass is 79.9. The summed E-state index contributed by atoms with van der Waals surface area (Å²) in [6, 6.07) is 12.4. The molecule has 128 valence electrons. The van der Waals surface area contributed by atoms with Gasteiger partial charge in [0.2, 0.25) is 0 Å². The van der Waals surface area contributed by atoms with Gasteiger partial charge in [0.15, 0.2) is 0 Å². The fourth-order valence-electron chi connectivity index (χ4n) is 2.53. The number of carbonyl (C=O) groups excluding carboxylic acids is 1. The third-order valence-electron chi connectivity index (χ3n) is 3.73. The zero-order valence-corrected chi connectivity index (χ0v) is 16.0. The van der Waals surface area contributed by atoms with Gasteiger partial charge in [-0.25, -0.2) is 4.79 Å².